The van der Waals surface area contributed by atoms with Crippen molar-refractivity contribution in [1.29, 1.82) is 0 Å². The fraction of sp³-hybridized carbons (Fsp3) is 0.222. The predicted octanol–water partition coefficient (Wildman–Crippen LogP) is 6.82. The number of thiazole rings is 1. The van der Waals surface area contributed by atoms with Gasteiger partial charge in [-0.2, -0.15) is 0 Å². The molecule has 0 fully saturated rings. The molecule has 0 saturated heterocycles. The molecule has 0 aliphatic rings. The quantitative estimate of drug-likeness (QED) is 0.317. The van der Waals surface area contributed by atoms with Crippen LogP contribution in [0.2, 0.25) is 0 Å². The van der Waals surface area contributed by atoms with Gasteiger partial charge in [-0.3, -0.25) is 0 Å². The zero-order chi connectivity index (χ0) is 21.6. The van der Waals surface area contributed by atoms with E-state index in [0.717, 1.165) is 29.2 Å². The number of aryl methyl sites for hydroxylation is 1. The molecule has 0 N–H and O–H groups in total. The Bertz CT molecular complexity index is 1170. The Balaban J connectivity index is 1.72. The van der Waals surface area contributed by atoms with Crippen molar-refractivity contribution in [3.63, 3.8) is 0 Å². The molecule has 0 amide bonds. The van der Waals surface area contributed by atoms with Gasteiger partial charge in [-0.15, -0.1) is 11.3 Å². The SMILES string of the molecule is COc1ccc(N=c2scc(-c3ccc(C(C)C)cc3)n2CCc2ccccc2)cc1. The molecule has 4 heteroatoms. The molecule has 3 nitrogen and oxygen atoms in total. The highest BCUT2D eigenvalue weighted by atomic mass is 32.1. The van der Waals surface area contributed by atoms with Gasteiger partial charge in [0.1, 0.15) is 5.75 Å². The topological polar surface area (TPSA) is 26.5 Å². The highest BCUT2D eigenvalue weighted by molar-refractivity contribution is 7.07. The van der Waals surface area contributed by atoms with Crippen LogP contribution >= 0.6 is 11.3 Å². The molecule has 0 radical (unpaired) electrons. The Morgan fingerprint density at radius 2 is 1.61 bits per heavy atom. The molecule has 0 spiro atoms. The summed E-state index contributed by atoms with van der Waals surface area (Å²) in [5.74, 6) is 1.37. The highest BCUT2D eigenvalue weighted by Crippen LogP contribution is 2.24. The molecule has 0 atom stereocenters. The maximum Gasteiger partial charge on any atom is 0.190 e. The second-order valence-electron chi connectivity index (χ2n) is 7.88. The summed E-state index contributed by atoms with van der Waals surface area (Å²) in [7, 11) is 1.68. The number of nitrogens with zero attached hydrogens (tertiary/aromatic N) is 2. The first-order valence-corrected chi connectivity index (χ1v) is 11.5. The summed E-state index contributed by atoms with van der Waals surface area (Å²) in [6, 6.07) is 27.5. The molecule has 158 valence electrons. The second-order valence-corrected chi connectivity index (χ2v) is 8.71. The molecule has 1 aromatic heterocycles. The molecule has 31 heavy (non-hydrogen) atoms. The van der Waals surface area contributed by atoms with Crippen molar-refractivity contribution >= 4 is 17.0 Å². The van der Waals surface area contributed by atoms with E-state index in [1.807, 2.05) is 24.3 Å². The zero-order valence-electron chi connectivity index (χ0n) is 18.3. The Kier molecular flexibility index (Phi) is 6.68. The van der Waals surface area contributed by atoms with Crippen LogP contribution in [-0.4, -0.2) is 11.7 Å². The van der Waals surface area contributed by atoms with Crippen molar-refractivity contribution in [2.24, 2.45) is 4.99 Å². The van der Waals surface area contributed by atoms with Crippen molar-refractivity contribution in [2.75, 3.05) is 7.11 Å². The first-order valence-electron chi connectivity index (χ1n) is 10.7. The van der Waals surface area contributed by atoms with Crippen LogP contribution in [0.4, 0.5) is 5.69 Å². The monoisotopic (exact) mass is 428 g/mol. The van der Waals surface area contributed by atoms with Crippen LogP contribution < -0.4 is 9.54 Å². The van der Waals surface area contributed by atoms with E-state index in [4.69, 9.17) is 9.73 Å². The van der Waals surface area contributed by atoms with Crippen LogP contribution in [-0.2, 0) is 13.0 Å². The van der Waals surface area contributed by atoms with E-state index in [2.05, 4.69) is 78.4 Å². The Morgan fingerprint density at radius 1 is 0.903 bits per heavy atom. The third-order valence-corrected chi connectivity index (χ3v) is 6.30. The average Bonchev–Trinajstić information content (AvgIpc) is 3.21. The minimum absolute atomic E-state index is 0.530. The zero-order valence-corrected chi connectivity index (χ0v) is 19.1. The first-order chi connectivity index (χ1) is 15.1. The van der Waals surface area contributed by atoms with Crippen molar-refractivity contribution in [3.05, 3.63) is 100 Å². The highest BCUT2D eigenvalue weighted by Gasteiger charge is 2.10. The fourth-order valence-electron chi connectivity index (χ4n) is 3.56. The van der Waals surface area contributed by atoms with Gasteiger partial charge >= 0.3 is 0 Å². The van der Waals surface area contributed by atoms with Gasteiger partial charge in [0.2, 0.25) is 0 Å². The van der Waals surface area contributed by atoms with Gasteiger partial charge in [-0.25, -0.2) is 4.99 Å². The molecule has 1 heterocycles. The lowest BCUT2D eigenvalue weighted by atomic mass is 10.0. The van der Waals surface area contributed by atoms with E-state index < -0.39 is 0 Å². The molecule has 0 saturated carbocycles. The Hall–Kier alpha value is -3.11. The molecule has 3 aromatic carbocycles. The molecule has 0 bridgehead atoms. The van der Waals surface area contributed by atoms with Gasteiger partial charge in [-0.05, 0) is 53.3 Å². The molecule has 0 unspecified atom stereocenters. The first kappa shape index (κ1) is 21.1. The Morgan fingerprint density at radius 3 is 2.26 bits per heavy atom. The average molecular weight is 429 g/mol. The molecular formula is C27H28N2OS. The van der Waals surface area contributed by atoms with E-state index in [-0.39, 0.29) is 0 Å². The summed E-state index contributed by atoms with van der Waals surface area (Å²) < 4.78 is 7.61. The van der Waals surface area contributed by atoms with Crippen molar-refractivity contribution in [2.45, 2.75) is 32.7 Å². The van der Waals surface area contributed by atoms with Gasteiger partial charge in [0.15, 0.2) is 4.80 Å². The van der Waals surface area contributed by atoms with Crippen LogP contribution in [0, 0.1) is 0 Å². The number of ether oxygens (including phenoxy) is 1. The minimum atomic E-state index is 0.530. The lowest BCUT2D eigenvalue weighted by molar-refractivity contribution is 0.415. The fourth-order valence-corrected chi connectivity index (χ4v) is 4.51. The van der Waals surface area contributed by atoms with Crippen LogP contribution in [0.25, 0.3) is 11.3 Å². The van der Waals surface area contributed by atoms with Crippen molar-refractivity contribution < 1.29 is 4.74 Å². The molecular weight excluding hydrogens is 400 g/mol. The number of aromatic nitrogens is 1. The standard InChI is InChI=1S/C27H28N2OS/c1-20(2)22-9-11-23(12-10-22)26-19-31-27(28-24-13-15-25(30-3)16-14-24)29(26)18-17-21-7-5-4-6-8-21/h4-16,19-20H,17-18H2,1-3H3. The summed E-state index contributed by atoms with van der Waals surface area (Å²) in [6.45, 7) is 5.33. The van der Waals surface area contributed by atoms with Gasteiger partial charge in [0, 0.05) is 11.9 Å². The van der Waals surface area contributed by atoms with E-state index in [1.54, 1.807) is 18.4 Å². The van der Waals surface area contributed by atoms with Gasteiger partial charge < -0.3 is 9.30 Å². The number of rotatable bonds is 7. The summed E-state index contributed by atoms with van der Waals surface area (Å²) in [4.78, 5) is 5.95. The van der Waals surface area contributed by atoms with Gasteiger partial charge in [-0.1, -0.05) is 68.4 Å². The lowest BCUT2D eigenvalue weighted by Gasteiger charge is -2.11. The van der Waals surface area contributed by atoms with E-state index >= 15 is 0 Å². The van der Waals surface area contributed by atoms with Gasteiger partial charge in [0.25, 0.3) is 0 Å². The predicted molar refractivity (Wildman–Crippen MR) is 130 cm³/mol. The van der Waals surface area contributed by atoms with Crippen LogP contribution in [0.3, 0.4) is 0 Å². The number of benzene rings is 3. The van der Waals surface area contributed by atoms with Crippen LogP contribution in [0.1, 0.15) is 30.9 Å². The minimum Gasteiger partial charge on any atom is -0.497 e. The number of methoxy groups -OCH3 is 1. The Labute approximate surface area is 188 Å². The second kappa shape index (κ2) is 9.80. The summed E-state index contributed by atoms with van der Waals surface area (Å²) in [5.41, 5.74) is 6.06. The summed E-state index contributed by atoms with van der Waals surface area (Å²) in [6.07, 6.45) is 0.963. The number of hydrogen-bond acceptors (Lipinski definition) is 3. The molecule has 0 aliphatic heterocycles. The van der Waals surface area contributed by atoms with Gasteiger partial charge in [0.05, 0.1) is 18.5 Å². The van der Waals surface area contributed by atoms with E-state index in [9.17, 15) is 0 Å². The molecule has 4 rings (SSSR count). The van der Waals surface area contributed by atoms with Crippen LogP contribution in [0.15, 0.2) is 89.2 Å². The largest absolute Gasteiger partial charge is 0.497 e. The molecule has 4 aromatic rings. The third-order valence-electron chi connectivity index (χ3n) is 5.43. The maximum atomic E-state index is 5.27. The summed E-state index contributed by atoms with van der Waals surface area (Å²) >= 11 is 1.69. The van der Waals surface area contributed by atoms with E-state index in [1.165, 1.54) is 22.4 Å². The molecule has 0 aliphatic carbocycles. The van der Waals surface area contributed by atoms with E-state index in [0.29, 0.717) is 5.92 Å². The lowest BCUT2D eigenvalue weighted by Crippen LogP contribution is -2.17. The number of hydrogen-bond donors (Lipinski definition) is 0. The smallest absolute Gasteiger partial charge is 0.190 e. The third kappa shape index (κ3) is 5.15. The van der Waals surface area contributed by atoms with Crippen molar-refractivity contribution in [3.8, 4) is 17.0 Å². The van der Waals surface area contributed by atoms with Crippen LogP contribution in [0.5, 0.6) is 5.75 Å². The maximum absolute atomic E-state index is 5.27. The van der Waals surface area contributed by atoms with Crippen molar-refractivity contribution in [1.82, 2.24) is 4.57 Å². The summed E-state index contributed by atoms with van der Waals surface area (Å²) in [5, 5.41) is 2.22. The normalized spacial score (nSPS) is 11.8.